The van der Waals surface area contributed by atoms with Crippen molar-refractivity contribution in [2.75, 3.05) is 18.7 Å². The summed E-state index contributed by atoms with van der Waals surface area (Å²) in [7, 11) is -1.88. The number of anilines is 1. The minimum atomic E-state index is -3.14. The zero-order chi connectivity index (χ0) is 23.3. The van der Waals surface area contributed by atoms with Gasteiger partial charge < -0.3 is 15.8 Å². The normalized spacial score (nSPS) is 14.1. The standard InChI is InChI=1S/C20H20F4N4O2S/c1-11(27-14-6-12(10-31(3,26)29)19(24)16(22)8-14)28-20(17(23)9-25)15-5-4-13(21)7-18(15)30-2/h4-9,26-27H,1,10,25H2,2-3H3/b17-9+,28-20?. The van der Waals surface area contributed by atoms with Crippen LogP contribution in [0.15, 0.2) is 59.8 Å². The molecule has 1 unspecified atom stereocenters. The minimum absolute atomic E-state index is 0.0196. The molecule has 2 aromatic carbocycles. The summed E-state index contributed by atoms with van der Waals surface area (Å²) in [5, 5.41) is 2.57. The van der Waals surface area contributed by atoms with Crippen LogP contribution in [0.5, 0.6) is 5.75 Å². The fraction of sp³-hybridized carbons (Fsp3) is 0.150. The number of hydrogen-bond donors (Lipinski definition) is 3. The highest BCUT2D eigenvalue weighted by molar-refractivity contribution is 7.90. The maximum absolute atomic E-state index is 14.4. The van der Waals surface area contributed by atoms with Crippen LogP contribution < -0.4 is 15.8 Å². The second-order valence-electron chi connectivity index (χ2n) is 6.47. The first-order valence-electron chi connectivity index (χ1n) is 8.61. The maximum Gasteiger partial charge on any atom is 0.165 e. The van der Waals surface area contributed by atoms with E-state index in [1.807, 2.05) is 0 Å². The quantitative estimate of drug-likeness (QED) is 0.404. The first-order valence-corrected chi connectivity index (χ1v) is 10.7. The average molecular weight is 456 g/mol. The number of halogens is 4. The number of allylic oxidation sites excluding steroid dienone is 1. The number of benzene rings is 2. The molecule has 2 aromatic rings. The van der Waals surface area contributed by atoms with E-state index in [0.29, 0.717) is 6.20 Å². The molecule has 31 heavy (non-hydrogen) atoms. The van der Waals surface area contributed by atoms with Crippen molar-refractivity contribution in [2.45, 2.75) is 5.75 Å². The van der Waals surface area contributed by atoms with Gasteiger partial charge in [0.2, 0.25) is 0 Å². The fourth-order valence-electron chi connectivity index (χ4n) is 2.63. The van der Waals surface area contributed by atoms with Crippen LogP contribution in [0, 0.1) is 22.2 Å². The van der Waals surface area contributed by atoms with Gasteiger partial charge in [0.1, 0.15) is 23.1 Å². The van der Waals surface area contributed by atoms with Crippen molar-refractivity contribution in [2.24, 2.45) is 10.7 Å². The average Bonchev–Trinajstić information content (AvgIpc) is 2.68. The van der Waals surface area contributed by atoms with Crippen molar-refractivity contribution < 1.29 is 26.5 Å². The predicted molar refractivity (Wildman–Crippen MR) is 112 cm³/mol. The highest BCUT2D eigenvalue weighted by Gasteiger charge is 2.17. The first-order chi connectivity index (χ1) is 14.4. The summed E-state index contributed by atoms with van der Waals surface area (Å²) in [6, 6.07) is 5.26. The number of nitrogens with two attached hydrogens (primary N) is 1. The van der Waals surface area contributed by atoms with Gasteiger partial charge in [0, 0.05) is 51.1 Å². The Labute approximate surface area is 177 Å². The zero-order valence-electron chi connectivity index (χ0n) is 16.6. The molecule has 0 aliphatic heterocycles. The molecule has 2 rings (SSSR count). The number of ether oxygens (including phenoxy) is 1. The third-order valence-electron chi connectivity index (χ3n) is 3.86. The van der Waals surface area contributed by atoms with E-state index >= 15 is 0 Å². The molecule has 0 saturated carbocycles. The number of nitrogens with zero attached hydrogens (tertiary/aromatic N) is 1. The van der Waals surface area contributed by atoms with Crippen LogP contribution in [0.1, 0.15) is 11.1 Å². The smallest absolute Gasteiger partial charge is 0.165 e. The maximum atomic E-state index is 14.4. The summed E-state index contributed by atoms with van der Waals surface area (Å²) in [6.07, 6.45) is 1.73. The summed E-state index contributed by atoms with van der Waals surface area (Å²) < 4.78 is 79.9. The van der Waals surface area contributed by atoms with Crippen LogP contribution in [0.3, 0.4) is 0 Å². The molecule has 166 valence electrons. The van der Waals surface area contributed by atoms with Gasteiger partial charge in [-0.25, -0.2) is 26.8 Å². The van der Waals surface area contributed by atoms with Gasteiger partial charge in [-0.3, -0.25) is 4.78 Å². The van der Waals surface area contributed by atoms with Gasteiger partial charge in [-0.15, -0.1) is 0 Å². The van der Waals surface area contributed by atoms with Crippen molar-refractivity contribution in [3.8, 4) is 5.75 Å². The van der Waals surface area contributed by atoms with Crippen molar-refractivity contribution in [3.63, 3.8) is 0 Å². The Kier molecular flexibility index (Phi) is 7.45. The van der Waals surface area contributed by atoms with Gasteiger partial charge in [0.05, 0.1) is 12.9 Å². The molecule has 0 spiro atoms. The molecular weight excluding hydrogens is 436 g/mol. The molecule has 1 atom stereocenters. The molecule has 0 aromatic heterocycles. The molecule has 6 nitrogen and oxygen atoms in total. The van der Waals surface area contributed by atoms with Gasteiger partial charge in [0.15, 0.2) is 17.5 Å². The summed E-state index contributed by atoms with van der Waals surface area (Å²) in [6.45, 7) is 3.60. The highest BCUT2D eigenvalue weighted by atomic mass is 32.2. The molecule has 4 N–H and O–H groups in total. The number of methoxy groups -OCH3 is 1. The lowest BCUT2D eigenvalue weighted by atomic mass is 10.1. The number of aliphatic imine (C=N–C) groups is 1. The van der Waals surface area contributed by atoms with E-state index < -0.39 is 38.8 Å². The lowest BCUT2D eigenvalue weighted by Gasteiger charge is -2.13. The van der Waals surface area contributed by atoms with E-state index in [1.54, 1.807) is 0 Å². The second-order valence-corrected chi connectivity index (χ2v) is 8.77. The SMILES string of the molecule is C=C(N=C(/C(F)=C\N)c1ccc(F)cc1OC)Nc1cc(F)c(F)c(CS(C)(=N)=O)c1. The molecular formula is C20H20F4N4O2S. The second kappa shape index (κ2) is 9.65. The Morgan fingerprint density at radius 3 is 2.58 bits per heavy atom. The number of hydrogen-bond acceptors (Lipinski definition) is 6. The van der Waals surface area contributed by atoms with Gasteiger partial charge in [-0.2, -0.15) is 0 Å². The van der Waals surface area contributed by atoms with Gasteiger partial charge in [-0.05, 0) is 18.2 Å². The van der Waals surface area contributed by atoms with Crippen LogP contribution in [0.2, 0.25) is 0 Å². The van der Waals surface area contributed by atoms with Gasteiger partial charge >= 0.3 is 0 Å². The van der Waals surface area contributed by atoms with Crippen LogP contribution >= 0.6 is 0 Å². The number of nitrogens with one attached hydrogen (secondary N) is 2. The Hall–Kier alpha value is -3.34. The van der Waals surface area contributed by atoms with E-state index in [9.17, 15) is 21.8 Å². The Balaban J connectivity index is 2.45. The Morgan fingerprint density at radius 1 is 1.32 bits per heavy atom. The summed E-state index contributed by atoms with van der Waals surface area (Å²) in [4.78, 5) is 3.98. The van der Waals surface area contributed by atoms with Crippen molar-refractivity contribution in [1.82, 2.24) is 0 Å². The molecule has 11 heteroatoms. The van der Waals surface area contributed by atoms with Crippen LogP contribution in [-0.4, -0.2) is 23.3 Å². The van der Waals surface area contributed by atoms with Crippen LogP contribution in [0.25, 0.3) is 0 Å². The predicted octanol–water partition coefficient (Wildman–Crippen LogP) is 4.43. The summed E-state index contributed by atoms with van der Waals surface area (Å²) in [5.74, 6) is -4.79. The highest BCUT2D eigenvalue weighted by Crippen LogP contribution is 2.26. The first kappa shape index (κ1) is 23.9. The number of rotatable bonds is 8. The third kappa shape index (κ3) is 6.32. The molecule has 0 fully saturated rings. The summed E-state index contributed by atoms with van der Waals surface area (Å²) in [5.41, 5.74) is 4.68. The Morgan fingerprint density at radius 2 is 2.00 bits per heavy atom. The lowest BCUT2D eigenvalue weighted by molar-refractivity contribution is 0.410. The van der Waals surface area contributed by atoms with Gasteiger partial charge in [-0.1, -0.05) is 6.58 Å². The van der Waals surface area contributed by atoms with E-state index in [0.717, 1.165) is 30.5 Å². The Bertz CT molecular complexity index is 1180. The lowest BCUT2D eigenvalue weighted by Crippen LogP contribution is -2.10. The minimum Gasteiger partial charge on any atom is -0.496 e. The van der Waals surface area contributed by atoms with Crippen molar-refractivity contribution >= 4 is 21.1 Å². The molecule has 0 radical (unpaired) electrons. The third-order valence-corrected chi connectivity index (χ3v) is 4.72. The van der Waals surface area contributed by atoms with E-state index in [2.05, 4.69) is 16.9 Å². The van der Waals surface area contributed by atoms with Crippen molar-refractivity contribution in [3.05, 3.63) is 83.3 Å². The molecule has 0 amide bonds. The molecule has 0 aliphatic carbocycles. The van der Waals surface area contributed by atoms with E-state index in [1.165, 1.54) is 13.2 Å². The van der Waals surface area contributed by atoms with E-state index in [4.69, 9.17) is 15.3 Å². The monoisotopic (exact) mass is 456 g/mol. The van der Waals surface area contributed by atoms with Crippen LogP contribution in [-0.2, 0) is 15.5 Å². The molecule has 0 saturated heterocycles. The van der Waals surface area contributed by atoms with Crippen LogP contribution in [0.4, 0.5) is 23.2 Å². The topological polar surface area (TPSA) is 101 Å². The zero-order valence-corrected chi connectivity index (χ0v) is 17.5. The largest absolute Gasteiger partial charge is 0.496 e. The molecule has 0 aliphatic rings. The molecule has 0 heterocycles. The molecule has 0 bridgehead atoms. The van der Waals surface area contributed by atoms with E-state index in [-0.39, 0.29) is 34.1 Å². The summed E-state index contributed by atoms with van der Waals surface area (Å²) >= 11 is 0. The fourth-order valence-corrected chi connectivity index (χ4v) is 3.43. The van der Waals surface area contributed by atoms with Crippen molar-refractivity contribution in [1.29, 1.82) is 4.78 Å². The van der Waals surface area contributed by atoms with Gasteiger partial charge in [0.25, 0.3) is 0 Å².